The molecule has 146 valence electrons. The number of nitrogens with one attached hydrogen (secondary N) is 1. The summed E-state index contributed by atoms with van der Waals surface area (Å²) in [5.74, 6) is 1.54. The van der Waals surface area contributed by atoms with E-state index in [1.54, 1.807) is 36.4 Å². The van der Waals surface area contributed by atoms with Crippen LogP contribution in [0, 0.1) is 20.8 Å². The third-order valence-corrected chi connectivity index (χ3v) is 6.55. The molecule has 0 spiro atoms. The van der Waals surface area contributed by atoms with E-state index in [2.05, 4.69) is 20.7 Å². The molecule has 0 aliphatic rings. The summed E-state index contributed by atoms with van der Waals surface area (Å²) >= 11 is 3.37. The van der Waals surface area contributed by atoms with E-state index >= 15 is 0 Å². The lowest BCUT2D eigenvalue weighted by molar-refractivity contribution is 0.0950. The molecule has 0 aliphatic carbocycles. The average molecular weight is 414 g/mol. The van der Waals surface area contributed by atoms with Gasteiger partial charge in [0, 0.05) is 39.7 Å². The van der Waals surface area contributed by atoms with Gasteiger partial charge >= 0.3 is 0 Å². The van der Waals surface area contributed by atoms with Crippen LogP contribution in [0.3, 0.4) is 0 Å². The Hall–Kier alpha value is -2.38. The molecule has 0 fully saturated rings. The molecule has 0 bridgehead atoms. The minimum absolute atomic E-state index is 0.115. The lowest BCUT2D eigenvalue weighted by Gasteiger charge is -2.13. The molecular formula is C21H23N3O2S2. The SMILES string of the molecule is COc1c(C)cnc(CNC(=O)c2ccc(CSc3nc(C)cs3)cc2)c1C. The third kappa shape index (κ3) is 4.91. The molecule has 0 atom stereocenters. The molecule has 0 unspecified atom stereocenters. The van der Waals surface area contributed by atoms with Gasteiger partial charge in [-0.25, -0.2) is 4.98 Å². The van der Waals surface area contributed by atoms with Crippen LogP contribution in [-0.2, 0) is 12.3 Å². The lowest BCUT2D eigenvalue weighted by Crippen LogP contribution is -2.24. The Balaban J connectivity index is 1.57. The Labute approximate surface area is 173 Å². The van der Waals surface area contributed by atoms with E-state index in [0.29, 0.717) is 12.1 Å². The Morgan fingerprint density at radius 2 is 1.96 bits per heavy atom. The highest BCUT2D eigenvalue weighted by Gasteiger charge is 2.11. The third-order valence-electron chi connectivity index (χ3n) is 4.34. The van der Waals surface area contributed by atoms with Gasteiger partial charge in [0.1, 0.15) is 10.1 Å². The normalized spacial score (nSPS) is 10.7. The van der Waals surface area contributed by atoms with Gasteiger partial charge in [0.25, 0.3) is 5.91 Å². The van der Waals surface area contributed by atoms with Crippen LogP contribution in [0.4, 0.5) is 0 Å². The van der Waals surface area contributed by atoms with Gasteiger partial charge in [-0.3, -0.25) is 9.78 Å². The molecule has 5 nitrogen and oxygen atoms in total. The molecule has 0 radical (unpaired) electrons. The zero-order chi connectivity index (χ0) is 20.1. The van der Waals surface area contributed by atoms with Gasteiger partial charge in [0.2, 0.25) is 0 Å². The molecule has 0 aliphatic heterocycles. The summed E-state index contributed by atoms with van der Waals surface area (Å²) in [5.41, 5.74) is 5.59. The molecule has 0 saturated heterocycles. The quantitative estimate of drug-likeness (QED) is 0.569. The number of rotatable bonds is 7. The van der Waals surface area contributed by atoms with Gasteiger partial charge in [-0.1, -0.05) is 23.9 Å². The number of pyridine rings is 1. The zero-order valence-electron chi connectivity index (χ0n) is 16.4. The summed E-state index contributed by atoms with van der Waals surface area (Å²) in [6.45, 7) is 6.27. The second-order valence-electron chi connectivity index (χ2n) is 6.47. The molecule has 28 heavy (non-hydrogen) atoms. The van der Waals surface area contributed by atoms with Crippen molar-refractivity contribution in [3.8, 4) is 5.75 Å². The topological polar surface area (TPSA) is 64.1 Å². The number of thiazole rings is 1. The molecule has 0 saturated carbocycles. The molecule has 2 aromatic heterocycles. The van der Waals surface area contributed by atoms with E-state index in [1.807, 2.05) is 45.0 Å². The van der Waals surface area contributed by atoms with E-state index in [1.165, 1.54) is 0 Å². The van der Waals surface area contributed by atoms with E-state index < -0.39 is 0 Å². The minimum atomic E-state index is -0.115. The van der Waals surface area contributed by atoms with Crippen molar-refractivity contribution in [3.63, 3.8) is 0 Å². The molecule has 1 amide bonds. The first-order valence-electron chi connectivity index (χ1n) is 8.89. The largest absolute Gasteiger partial charge is 0.496 e. The Morgan fingerprint density at radius 3 is 2.61 bits per heavy atom. The maximum absolute atomic E-state index is 12.5. The van der Waals surface area contributed by atoms with Gasteiger partial charge in [0.15, 0.2) is 0 Å². The Morgan fingerprint density at radius 1 is 1.21 bits per heavy atom. The standard InChI is InChI=1S/C21H23N3O2S2/c1-13-9-22-18(15(3)19(13)26-4)10-23-20(25)17-7-5-16(6-8-17)12-28-21-24-14(2)11-27-21/h5-9,11H,10,12H2,1-4H3,(H,23,25). The van der Waals surface area contributed by atoms with Crippen molar-refractivity contribution in [3.05, 3.63) is 69.5 Å². The van der Waals surface area contributed by atoms with Crippen LogP contribution < -0.4 is 10.1 Å². The van der Waals surface area contributed by atoms with Crippen molar-refractivity contribution in [2.45, 2.75) is 37.4 Å². The monoisotopic (exact) mass is 413 g/mol. The lowest BCUT2D eigenvalue weighted by atomic mass is 10.1. The van der Waals surface area contributed by atoms with Crippen LogP contribution in [0.1, 0.15) is 38.4 Å². The summed E-state index contributed by atoms with van der Waals surface area (Å²) in [6, 6.07) is 7.68. The van der Waals surface area contributed by atoms with Crippen LogP contribution >= 0.6 is 23.1 Å². The van der Waals surface area contributed by atoms with Crippen molar-refractivity contribution in [1.29, 1.82) is 0 Å². The maximum atomic E-state index is 12.5. The highest BCUT2D eigenvalue weighted by atomic mass is 32.2. The number of carbonyl (C=O) groups excluding carboxylic acids is 1. The number of carbonyl (C=O) groups is 1. The summed E-state index contributed by atoms with van der Waals surface area (Å²) < 4.78 is 6.48. The molecule has 1 aromatic carbocycles. The number of hydrogen-bond donors (Lipinski definition) is 1. The predicted octanol–water partition coefficient (Wildman–Crippen LogP) is 4.69. The second kappa shape index (κ2) is 9.21. The number of aryl methyl sites for hydroxylation is 2. The van der Waals surface area contributed by atoms with Crippen molar-refractivity contribution < 1.29 is 9.53 Å². The summed E-state index contributed by atoms with van der Waals surface area (Å²) in [6.07, 6.45) is 1.77. The number of benzene rings is 1. The molecule has 3 rings (SSSR count). The van der Waals surface area contributed by atoms with Gasteiger partial charge in [-0.05, 0) is 38.5 Å². The van der Waals surface area contributed by atoms with Crippen molar-refractivity contribution >= 4 is 29.0 Å². The maximum Gasteiger partial charge on any atom is 0.251 e. The van der Waals surface area contributed by atoms with E-state index in [4.69, 9.17) is 4.74 Å². The summed E-state index contributed by atoms with van der Waals surface area (Å²) in [7, 11) is 1.65. The fourth-order valence-corrected chi connectivity index (χ4v) is 4.62. The first-order chi connectivity index (χ1) is 13.5. The number of amides is 1. The smallest absolute Gasteiger partial charge is 0.251 e. The Bertz CT molecular complexity index is 968. The average Bonchev–Trinajstić information content (AvgIpc) is 3.11. The predicted molar refractivity (Wildman–Crippen MR) is 114 cm³/mol. The highest BCUT2D eigenvalue weighted by Crippen LogP contribution is 2.26. The van der Waals surface area contributed by atoms with Crippen LogP contribution in [0.15, 0.2) is 40.2 Å². The van der Waals surface area contributed by atoms with Crippen LogP contribution in [0.5, 0.6) is 5.75 Å². The van der Waals surface area contributed by atoms with Gasteiger partial charge in [-0.15, -0.1) is 11.3 Å². The molecular weight excluding hydrogens is 390 g/mol. The van der Waals surface area contributed by atoms with Gasteiger partial charge in [0.05, 0.1) is 19.3 Å². The number of aromatic nitrogens is 2. The zero-order valence-corrected chi connectivity index (χ0v) is 18.0. The molecule has 3 aromatic rings. The fourth-order valence-electron chi connectivity index (χ4n) is 2.81. The van der Waals surface area contributed by atoms with E-state index in [-0.39, 0.29) is 5.91 Å². The van der Waals surface area contributed by atoms with Crippen molar-refractivity contribution in [1.82, 2.24) is 15.3 Å². The number of ether oxygens (including phenoxy) is 1. The van der Waals surface area contributed by atoms with Crippen LogP contribution in [-0.4, -0.2) is 23.0 Å². The summed E-state index contributed by atoms with van der Waals surface area (Å²) in [5, 5.41) is 4.99. The molecule has 7 heteroatoms. The second-order valence-corrected chi connectivity index (χ2v) is 8.55. The number of hydrogen-bond acceptors (Lipinski definition) is 6. The van der Waals surface area contributed by atoms with Crippen LogP contribution in [0.25, 0.3) is 0 Å². The molecule has 1 N–H and O–H groups in total. The van der Waals surface area contributed by atoms with Gasteiger partial charge < -0.3 is 10.1 Å². The number of methoxy groups -OCH3 is 1. The van der Waals surface area contributed by atoms with Crippen molar-refractivity contribution in [2.75, 3.05) is 7.11 Å². The minimum Gasteiger partial charge on any atom is -0.496 e. The number of nitrogens with zero attached hydrogens (tertiary/aromatic N) is 2. The fraction of sp³-hybridized carbons (Fsp3) is 0.286. The molecule has 2 heterocycles. The van der Waals surface area contributed by atoms with Gasteiger partial charge in [-0.2, -0.15) is 0 Å². The highest BCUT2D eigenvalue weighted by molar-refractivity contribution is 8.00. The van der Waals surface area contributed by atoms with E-state index in [9.17, 15) is 4.79 Å². The number of thioether (sulfide) groups is 1. The van der Waals surface area contributed by atoms with E-state index in [0.717, 1.165) is 43.9 Å². The van der Waals surface area contributed by atoms with Crippen LogP contribution in [0.2, 0.25) is 0 Å². The van der Waals surface area contributed by atoms with Crippen molar-refractivity contribution in [2.24, 2.45) is 0 Å². The summed E-state index contributed by atoms with van der Waals surface area (Å²) in [4.78, 5) is 21.3. The first-order valence-corrected chi connectivity index (χ1v) is 10.8. The Kier molecular flexibility index (Phi) is 6.70. The first kappa shape index (κ1) is 20.4.